The molecule has 126 valence electrons. The van der Waals surface area contributed by atoms with E-state index in [1.807, 2.05) is 6.08 Å². The maximum Gasteiger partial charge on any atom is 0.0894 e. The molecule has 0 saturated carbocycles. The number of allylic oxidation sites excluding steroid dienone is 1. The molecule has 3 nitrogen and oxygen atoms in total. The molecule has 0 saturated heterocycles. The van der Waals surface area contributed by atoms with Crippen LogP contribution in [0.5, 0.6) is 0 Å². The van der Waals surface area contributed by atoms with E-state index in [9.17, 15) is 5.11 Å². The Morgan fingerprint density at radius 2 is 1.43 bits per heavy atom. The zero-order chi connectivity index (χ0) is 15.9. The molecule has 0 radical (unpaired) electrons. The van der Waals surface area contributed by atoms with Gasteiger partial charge in [-0.15, -0.1) is 0 Å². The highest BCUT2D eigenvalue weighted by molar-refractivity contribution is 4.95. The zero-order valence-corrected chi connectivity index (χ0v) is 14.1. The number of nitrogens with two attached hydrogens (primary N) is 1. The van der Waals surface area contributed by atoms with Crippen LogP contribution in [-0.2, 0) is 0 Å². The van der Waals surface area contributed by atoms with Crippen molar-refractivity contribution in [2.75, 3.05) is 6.61 Å². The maximum absolute atomic E-state index is 9.63. The lowest BCUT2D eigenvalue weighted by molar-refractivity contribution is 0.144. The fourth-order valence-electron chi connectivity index (χ4n) is 2.43. The Bertz CT molecular complexity index is 243. The van der Waals surface area contributed by atoms with Crippen LogP contribution in [-0.4, -0.2) is 29.0 Å². The second-order valence-corrected chi connectivity index (χ2v) is 6.32. The smallest absolute Gasteiger partial charge is 0.0894 e. The van der Waals surface area contributed by atoms with E-state index in [1.165, 1.54) is 57.8 Å². The van der Waals surface area contributed by atoms with Gasteiger partial charge in [-0.25, -0.2) is 0 Å². The second-order valence-electron chi connectivity index (χ2n) is 6.32. The number of unbranched alkanes of at least 4 members (excludes halogenated alkanes) is 8. The summed E-state index contributed by atoms with van der Waals surface area (Å²) in [5.41, 5.74) is 5.55. The first-order valence-electron chi connectivity index (χ1n) is 8.84. The fourth-order valence-corrected chi connectivity index (χ4v) is 2.43. The second kappa shape index (κ2) is 14.6. The molecule has 0 aromatic heterocycles. The summed E-state index contributed by atoms with van der Waals surface area (Å²) in [5.74, 6) is 0.468. The van der Waals surface area contributed by atoms with E-state index in [0.29, 0.717) is 5.92 Å². The van der Waals surface area contributed by atoms with E-state index in [2.05, 4.69) is 13.8 Å². The van der Waals surface area contributed by atoms with Gasteiger partial charge < -0.3 is 15.9 Å². The Morgan fingerprint density at radius 1 is 0.905 bits per heavy atom. The molecule has 4 N–H and O–H groups in total. The van der Waals surface area contributed by atoms with Crippen molar-refractivity contribution in [3.05, 3.63) is 12.2 Å². The van der Waals surface area contributed by atoms with Gasteiger partial charge in [0.1, 0.15) is 0 Å². The van der Waals surface area contributed by atoms with Gasteiger partial charge in [0.05, 0.1) is 18.8 Å². The number of aliphatic hydroxyl groups excluding tert-OH is 2. The third-order valence-electron chi connectivity index (χ3n) is 4.05. The minimum Gasteiger partial charge on any atom is -0.395 e. The summed E-state index contributed by atoms with van der Waals surface area (Å²) < 4.78 is 0. The molecule has 0 aliphatic heterocycles. The highest BCUT2D eigenvalue weighted by atomic mass is 16.3. The van der Waals surface area contributed by atoms with Crippen molar-refractivity contribution in [1.29, 1.82) is 0 Å². The molecule has 0 aromatic carbocycles. The first kappa shape index (κ1) is 20.6. The fraction of sp³-hybridized carbons (Fsp3) is 0.889. The number of hydrogen-bond donors (Lipinski definition) is 3. The summed E-state index contributed by atoms with van der Waals surface area (Å²) in [6.45, 7) is 4.24. The summed E-state index contributed by atoms with van der Waals surface area (Å²) in [6, 6.07) is -0.568. The summed E-state index contributed by atoms with van der Waals surface area (Å²) in [4.78, 5) is 0. The van der Waals surface area contributed by atoms with Gasteiger partial charge in [-0.05, 0) is 12.3 Å². The molecular weight excluding hydrogens is 262 g/mol. The molecule has 0 amide bonds. The summed E-state index contributed by atoms with van der Waals surface area (Å²) >= 11 is 0. The van der Waals surface area contributed by atoms with Crippen molar-refractivity contribution in [3.63, 3.8) is 0 Å². The van der Waals surface area contributed by atoms with Crippen molar-refractivity contribution >= 4 is 0 Å². The van der Waals surface area contributed by atoms with Crippen LogP contribution in [0.3, 0.4) is 0 Å². The Labute approximate surface area is 131 Å². The first-order chi connectivity index (χ1) is 10.1. The van der Waals surface area contributed by atoms with Gasteiger partial charge in [-0.1, -0.05) is 83.8 Å². The predicted octanol–water partition coefficient (Wildman–Crippen LogP) is 3.78. The Balaban J connectivity index is 3.45. The molecule has 0 heterocycles. The Hall–Kier alpha value is -0.380. The van der Waals surface area contributed by atoms with Gasteiger partial charge in [-0.2, -0.15) is 0 Å². The van der Waals surface area contributed by atoms with Crippen LogP contribution < -0.4 is 5.73 Å². The van der Waals surface area contributed by atoms with Crippen LogP contribution >= 0.6 is 0 Å². The van der Waals surface area contributed by atoms with Crippen molar-refractivity contribution < 1.29 is 10.2 Å². The van der Waals surface area contributed by atoms with Crippen LogP contribution in [0.15, 0.2) is 12.2 Å². The van der Waals surface area contributed by atoms with Crippen molar-refractivity contribution in [2.45, 2.75) is 90.2 Å². The summed E-state index contributed by atoms with van der Waals surface area (Å²) in [6.07, 6.45) is 16.3. The SMILES string of the molecule is CCCCCCCCCCCC(C)/C=C\[C@@H](O)[C@@H](N)CO. The number of aliphatic hydroxyl groups is 2. The van der Waals surface area contributed by atoms with Gasteiger partial charge in [0, 0.05) is 0 Å². The molecular formula is C18H37NO2. The highest BCUT2D eigenvalue weighted by Crippen LogP contribution is 2.14. The van der Waals surface area contributed by atoms with Gasteiger partial charge in [0.15, 0.2) is 0 Å². The van der Waals surface area contributed by atoms with E-state index in [0.717, 1.165) is 6.42 Å². The maximum atomic E-state index is 9.63. The minimum atomic E-state index is -0.736. The molecule has 0 aliphatic carbocycles. The number of rotatable bonds is 14. The minimum absolute atomic E-state index is 0.182. The average molecular weight is 299 g/mol. The standard InChI is InChI=1S/C18H37NO2/c1-3-4-5-6-7-8-9-10-11-12-16(2)13-14-18(21)17(19)15-20/h13-14,16-18,20-21H,3-12,15,19H2,1-2H3/b14-13-/t16?,17-,18+/m0/s1. The van der Waals surface area contributed by atoms with E-state index >= 15 is 0 Å². The molecule has 0 aliphatic rings. The quantitative estimate of drug-likeness (QED) is 0.338. The van der Waals surface area contributed by atoms with E-state index in [-0.39, 0.29) is 6.61 Å². The van der Waals surface area contributed by atoms with Crippen LogP contribution in [0.1, 0.15) is 78.1 Å². The van der Waals surface area contributed by atoms with Gasteiger partial charge in [0.25, 0.3) is 0 Å². The van der Waals surface area contributed by atoms with E-state index < -0.39 is 12.1 Å². The van der Waals surface area contributed by atoms with Crippen molar-refractivity contribution in [1.82, 2.24) is 0 Å². The van der Waals surface area contributed by atoms with Crippen LogP contribution in [0.2, 0.25) is 0 Å². The predicted molar refractivity (Wildman–Crippen MR) is 91.2 cm³/mol. The molecule has 3 atom stereocenters. The van der Waals surface area contributed by atoms with Crippen LogP contribution in [0.25, 0.3) is 0 Å². The Kier molecular flexibility index (Phi) is 14.3. The lowest BCUT2D eigenvalue weighted by Gasteiger charge is -2.13. The normalized spacial score (nSPS) is 16.2. The molecule has 0 fully saturated rings. The van der Waals surface area contributed by atoms with Gasteiger partial charge in [-0.3, -0.25) is 0 Å². The van der Waals surface area contributed by atoms with Gasteiger partial charge in [0.2, 0.25) is 0 Å². The molecule has 21 heavy (non-hydrogen) atoms. The first-order valence-corrected chi connectivity index (χ1v) is 8.84. The molecule has 1 unspecified atom stereocenters. The van der Waals surface area contributed by atoms with Crippen molar-refractivity contribution in [2.24, 2.45) is 11.7 Å². The zero-order valence-electron chi connectivity index (χ0n) is 14.1. The van der Waals surface area contributed by atoms with E-state index in [4.69, 9.17) is 10.8 Å². The largest absolute Gasteiger partial charge is 0.395 e. The number of hydrogen-bond acceptors (Lipinski definition) is 3. The van der Waals surface area contributed by atoms with Crippen LogP contribution in [0.4, 0.5) is 0 Å². The molecule has 3 heteroatoms. The molecule has 0 bridgehead atoms. The average Bonchev–Trinajstić information content (AvgIpc) is 2.50. The third kappa shape index (κ3) is 13.0. The third-order valence-corrected chi connectivity index (χ3v) is 4.05. The molecule has 0 spiro atoms. The summed E-state index contributed by atoms with van der Waals surface area (Å²) in [7, 11) is 0. The Morgan fingerprint density at radius 3 is 1.95 bits per heavy atom. The molecule has 0 aromatic rings. The van der Waals surface area contributed by atoms with E-state index in [1.54, 1.807) is 6.08 Å². The van der Waals surface area contributed by atoms with Crippen molar-refractivity contribution in [3.8, 4) is 0 Å². The monoisotopic (exact) mass is 299 g/mol. The van der Waals surface area contributed by atoms with Crippen LogP contribution in [0, 0.1) is 5.92 Å². The molecule has 0 rings (SSSR count). The lowest BCUT2D eigenvalue weighted by Crippen LogP contribution is -2.36. The van der Waals surface area contributed by atoms with Gasteiger partial charge >= 0.3 is 0 Å². The topological polar surface area (TPSA) is 66.5 Å². The lowest BCUT2D eigenvalue weighted by atomic mass is 10.00. The summed E-state index contributed by atoms with van der Waals surface area (Å²) in [5, 5.41) is 18.5. The highest BCUT2D eigenvalue weighted by Gasteiger charge is 2.09.